The van der Waals surface area contributed by atoms with E-state index in [0.29, 0.717) is 24.9 Å². The summed E-state index contributed by atoms with van der Waals surface area (Å²) < 4.78 is 44.7. The van der Waals surface area contributed by atoms with Crippen molar-refractivity contribution in [2.24, 2.45) is 5.73 Å². The third kappa shape index (κ3) is 5.12. The van der Waals surface area contributed by atoms with Gasteiger partial charge < -0.3 is 15.4 Å². The number of piperidine rings is 1. The van der Waals surface area contributed by atoms with Gasteiger partial charge in [0.1, 0.15) is 5.60 Å². The zero-order chi connectivity index (χ0) is 19.7. The maximum Gasteiger partial charge on any atom is 0.416 e. The Kier molecular flexibility index (Phi) is 5.53. The number of carbonyl (C=O) groups is 2. The van der Waals surface area contributed by atoms with E-state index >= 15 is 0 Å². The quantitative estimate of drug-likeness (QED) is 0.855. The largest absolute Gasteiger partial charge is 0.444 e. The van der Waals surface area contributed by atoms with Crippen molar-refractivity contribution in [3.05, 3.63) is 34.9 Å². The van der Waals surface area contributed by atoms with Crippen molar-refractivity contribution in [3.8, 4) is 0 Å². The lowest BCUT2D eigenvalue weighted by atomic mass is 9.88. The van der Waals surface area contributed by atoms with Crippen LogP contribution >= 0.6 is 0 Å². The van der Waals surface area contributed by atoms with Crippen LogP contribution in [0.5, 0.6) is 0 Å². The van der Waals surface area contributed by atoms with Crippen molar-refractivity contribution in [2.45, 2.75) is 51.3 Å². The van der Waals surface area contributed by atoms with Crippen LogP contribution in [0.2, 0.25) is 0 Å². The average molecular weight is 372 g/mol. The highest BCUT2D eigenvalue weighted by molar-refractivity contribution is 5.93. The SMILES string of the molecule is CC(C)(C)OC(=O)N1CCCC(c2cc(C(N)=O)cc(C(F)(F)F)c2)C1. The van der Waals surface area contributed by atoms with Crippen molar-refractivity contribution in [1.82, 2.24) is 4.90 Å². The summed E-state index contributed by atoms with van der Waals surface area (Å²) in [6.07, 6.45) is -3.84. The van der Waals surface area contributed by atoms with Crippen molar-refractivity contribution in [2.75, 3.05) is 13.1 Å². The maximum absolute atomic E-state index is 13.1. The molecule has 1 heterocycles. The summed E-state index contributed by atoms with van der Waals surface area (Å²) in [6.45, 7) is 5.95. The van der Waals surface area contributed by atoms with Crippen molar-refractivity contribution >= 4 is 12.0 Å². The molecule has 0 saturated carbocycles. The van der Waals surface area contributed by atoms with Gasteiger partial charge in [-0.1, -0.05) is 0 Å². The number of likely N-dealkylation sites (tertiary alicyclic amines) is 1. The van der Waals surface area contributed by atoms with Gasteiger partial charge in [0.05, 0.1) is 5.56 Å². The molecule has 0 aliphatic carbocycles. The van der Waals surface area contributed by atoms with Crippen LogP contribution in [-0.2, 0) is 10.9 Å². The highest BCUT2D eigenvalue weighted by Gasteiger charge is 2.34. The molecule has 1 aromatic rings. The molecule has 2 rings (SSSR count). The first-order valence-electron chi connectivity index (χ1n) is 8.37. The Labute approximate surface area is 150 Å². The molecule has 1 aromatic carbocycles. The van der Waals surface area contributed by atoms with E-state index in [4.69, 9.17) is 10.5 Å². The molecule has 26 heavy (non-hydrogen) atoms. The van der Waals surface area contributed by atoms with Crippen LogP contribution in [0.25, 0.3) is 0 Å². The van der Waals surface area contributed by atoms with Gasteiger partial charge in [0.15, 0.2) is 0 Å². The second kappa shape index (κ2) is 7.17. The molecular formula is C18H23F3N2O3. The number of nitrogens with zero attached hydrogens (tertiary/aromatic N) is 1. The molecule has 1 atom stereocenters. The van der Waals surface area contributed by atoms with E-state index in [0.717, 1.165) is 12.1 Å². The summed E-state index contributed by atoms with van der Waals surface area (Å²) >= 11 is 0. The zero-order valence-electron chi connectivity index (χ0n) is 15.0. The fourth-order valence-electron chi connectivity index (χ4n) is 2.93. The summed E-state index contributed by atoms with van der Waals surface area (Å²) in [5, 5.41) is 0. The number of ether oxygens (including phenoxy) is 1. The van der Waals surface area contributed by atoms with Gasteiger partial charge in [-0.15, -0.1) is 0 Å². The molecule has 1 unspecified atom stereocenters. The van der Waals surface area contributed by atoms with Crippen LogP contribution in [0.1, 0.15) is 61.0 Å². The van der Waals surface area contributed by atoms with Crippen molar-refractivity contribution < 1.29 is 27.5 Å². The molecular weight excluding hydrogens is 349 g/mol. The molecule has 0 spiro atoms. The van der Waals surface area contributed by atoms with Gasteiger partial charge in [-0.25, -0.2) is 4.79 Å². The Morgan fingerprint density at radius 1 is 1.19 bits per heavy atom. The average Bonchev–Trinajstić information content (AvgIpc) is 2.52. The summed E-state index contributed by atoms with van der Waals surface area (Å²) in [5.74, 6) is -1.24. The number of nitrogens with two attached hydrogens (primary N) is 1. The smallest absolute Gasteiger partial charge is 0.416 e. The third-order valence-electron chi connectivity index (χ3n) is 4.11. The Morgan fingerprint density at radius 3 is 2.38 bits per heavy atom. The van der Waals surface area contributed by atoms with E-state index in [1.807, 2.05) is 0 Å². The zero-order valence-corrected chi connectivity index (χ0v) is 15.0. The summed E-state index contributed by atoms with van der Waals surface area (Å²) in [7, 11) is 0. The first-order valence-corrected chi connectivity index (χ1v) is 8.37. The van der Waals surface area contributed by atoms with E-state index in [2.05, 4.69) is 0 Å². The van der Waals surface area contributed by atoms with Gasteiger partial charge in [-0.05, 0) is 57.4 Å². The van der Waals surface area contributed by atoms with Crippen molar-refractivity contribution in [3.63, 3.8) is 0 Å². The Morgan fingerprint density at radius 2 is 1.85 bits per heavy atom. The molecule has 0 radical (unpaired) electrons. The van der Waals surface area contributed by atoms with E-state index in [9.17, 15) is 22.8 Å². The number of benzene rings is 1. The van der Waals surface area contributed by atoms with Crippen LogP contribution in [-0.4, -0.2) is 35.6 Å². The van der Waals surface area contributed by atoms with Gasteiger partial charge in [0.25, 0.3) is 0 Å². The standard InChI is InChI=1S/C18H23F3N2O3/c1-17(2,3)26-16(25)23-6-4-5-11(10-23)12-7-13(15(22)24)9-14(8-12)18(19,20)21/h7-9,11H,4-6,10H2,1-3H3,(H2,22,24). The lowest BCUT2D eigenvalue weighted by Crippen LogP contribution is -2.42. The second-order valence-electron chi connectivity index (χ2n) is 7.47. The first kappa shape index (κ1) is 20.1. The minimum atomic E-state index is -4.58. The lowest BCUT2D eigenvalue weighted by Gasteiger charge is -2.34. The Hall–Kier alpha value is -2.25. The van der Waals surface area contributed by atoms with Crippen LogP contribution in [0, 0.1) is 0 Å². The summed E-state index contributed by atoms with van der Waals surface area (Å²) in [6, 6.07) is 3.15. The predicted molar refractivity (Wildman–Crippen MR) is 89.7 cm³/mol. The lowest BCUT2D eigenvalue weighted by molar-refractivity contribution is -0.137. The molecule has 1 fully saturated rings. The van der Waals surface area contributed by atoms with Gasteiger partial charge in [-0.2, -0.15) is 13.2 Å². The number of primary amides is 1. The number of hydrogen-bond acceptors (Lipinski definition) is 3. The highest BCUT2D eigenvalue weighted by Crippen LogP contribution is 2.35. The first-order chi connectivity index (χ1) is 11.9. The third-order valence-corrected chi connectivity index (χ3v) is 4.11. The van der Waals surface area contributed by atoms with E-state index < -0.39 is 29.3 Å². The maximum atomic E-state index is 13.1. The molecule has 1 aliphatic rings. The normalized spacial score (nSPS) is 18.5. The van der Waals surface area contributed by atoms with E-state index in [-0.39, 0.29) is 18.0 Å². The van der Waals surface area contributed by atoms with Crippen LogP contribution < -0.4 is 5.73 Å². The fraction of sp³-hybridized carbons (Fsp3) is 0.556. The minimum absolute atomic E-state index is 0.191. The Balaban J connectivity index is 2.28. The van der Waals surface area contributed by atoms with Crippen LogP contribution in [0.3, 0.4) is 0 Å². The molecule has 2 N–H and O–H groups in total. The highest BCUT2D eigenvalue weighted by atomic mass is 19.4. The van der Waals surface area contributed by atoms with Crippen molar-refractivity contribution in [1.29, 1.82) is 0 Å². The molecule has 1 aliphatic heterocycles. The minimum Gasteiger partial charge on any atom is -0.444 e. The monoisotopic (exact) mass is 372 g/mol. The van der Waals surface area contributed by atoms with E-state index in [1.165, 1.54) is 11.0 Å². The summed E-state index contributed by atoms with van der Waals surface area (Å²) in [4.78, 5) is 25.1. The van der Waals surface area contributed by atoms with Gasteiger partial charge in [0, 0.05) is 24.6 Å². The number of rotatable bonds is 2. The van der Waals surface area contributed by atoms with Gasteiger partial charge in [-0.3, -0.25) is 4.79 Å². The molecule has 144 valence electrons. The summed E-state index contributed by atoms with van der Waals surface area (Å²) in [5.41, 5.74) is 3.77. The molecule has 1 saturated heterocycles. The number of hydrogen-bond donors (Lipinski definition) is 1. The number of halogens is 3. The predicted octanol–water partition coefficient (Wildman–Crippen LogP) is 3.92. The van der Waals surface area contributed by atoms with E-state index in [1.54, 1.807) is 20.8 Å². The topological polar surface area (TPSA) is 72.6 Å². The van der Waals surface area contributed by atoms with Crippen LogP contribution in [0.15, 0.2) is 18.2 Å². The molecule has 2 amide bonds. The van der Waals surface area contributed by atoms with Crippen LogP contribution in [0.4, 0.5) is 18.0 Å². The molecule has 5 nitrogen and oxygen atoms in total. The number of amides is 2. The molecule has 0 aromatic heterocycles. The molecule has 0 bridgehead atoms. The molecule has 8 heteroatoms. The number of carbonyl (C=O) groups excluding carboxylic acids is 2. The van der Waals surface area contributed by atoms with Gasteiger partial charge in [0.2, 0.25) is 5.91 Å². The fourth-order valence-corrected chi connectivity index (χ4v) is 2.93. The Bertz CT molecular complexity index is 696. The van der Waals surface area contributed by atoms with Gasteiger partial charge >= 0.3 is 12.3 Å². The second-order valence-corrected chi connectivity index (χ2v) is 7.47. The number of alkyl halides is 3.